The van der Waals surface area contributed by atoms with Crippen LogP contribution in [0.1, 0.15) is 11.8 Å². The Balaban J connectivity index is 2.48. The third-order valence-corrected chi connectivity index (χ3v) is 2.96. The molecule has 1 aromatic rings. The molecule has 1 unspecified atom stereocenters. The quantitative estimate of drug-likeness (QED) is 0.463. The van der Waals surface area contributed by atoms with E-state index in [0.29, 0.717) is 4.57 Å². The van der Waals surface area contributed by atoms with Crippen LogP contribution < -0.4 is 11.2 Å². The van der Waals surface area contributed by atoms with E-state index in [0.717, 1.165) is 0 Å². The van der Waals surface area contributed by atoms with Gasteiger partial charge in [0.1, 0.15) is 18.3 Å². The summed E-state index contributed by atoms with van der Waals surface area (Å²) in [7, 11) is 0. The molecule has 1 saturated heterocycles. The Labute approximate surface area is 101 Å². The summed E-state index contributed by atoms with van der Waals surface area (Å²) in [5.74, 6) is 0. The molecule has 1 aliphatic rings. The second kappa shape index (κ2) is 4.65. The largest absolute Gasteiger partial charge is 0.394 e. The van der Waals surface area contributed by atoms with E-state index in [2.05, 4.69) is 4.98 Å². The molecule has 2 heterocycles. The number of aryl methyl sites for hydroxylation is 1. The maximum atomic E-state index is 11.8. The zero-order valence-electron chi connectivity index (χ0n) is 9.61. The summed E-state index contributed by atoms with van der Waals surface area (Å²) in [6.45, 7) is 0.975. The van der Waals surface area contributed by atoms with Crippen LogP contribution in [0, 0.1) is 6.92 Å². The number of nitrogens with zero attached hydrogens (tertiary/aromatic N) is 1. The van der Waals surface area contributed by atoms with Crippen molar-refractivity contribution in [2.75, 3.05) is 6.61 Å². The van der Waals surface area contributed by atoms with Crippen LogP contribution in [0.3, 0.4) is 0 Å². The Bertz CT molecular complexity index is 550. The lowest BCUT2D eigenvalue weighted by molar-refractivity contribution is -0.0565. The van der Waals surface area contributed by atoms with E-state index < -0.39 is 42.4 Å². The predicted molar refractivity (Wildman–Crippen MR) is 59.1 cm³/mol. The van der Waals surface area contributed by atoms with Crippen LogP contribution in [-0.2, 0) is 4.74 Å². The van der Waals surface area contributed by atoms with Crippen LogP contribution in [0.25, 0.3) is 0 Å². The van der Waals surface area contributed by atoms with E-state index >= 15 is 0 Å². The number of aliphatic hydroxyl groups is 3. The SMILES string of the molecule is Cc1c[nH]c(=O)n(C2O[C@H](CO)[C@@H](O)[C@@H]2O)c1=O. The van der Waals surface area contributed by atoms with Crippen LogP contribution in [0.15, 0.2) is 15.8 Å². The van der Waals surface area contributed by atoms with E-state index in [4.69, 9.17) is 9.84 Å². The van der Waals surface area contributed by atoms with Gasteiger partial charge in [0.2, 0.25) is 0 Å². The minimum Gasteiger partial charge on any atom is -0.394 e. The zero-order valence-corrected chi connectivity index (χ0v) is 9.61. The molecule has 1 aliphatic heterocycles. The highest BCUT2D eigenvalue weighted by Gasteiger charge is 2.44. The summed E-state index contributed by atoms with van der Waals surface area (Å²) >= 11 is 0. The first kappa shape index (κ1) is 13.0. The molecule has 1 aromatic heterocycles. The van der Waals surface area contributed by atoms with Gasteiger partial charge in [0, 0.05) is 11.8 Å². The number of nitrogens with one attached hydrogen (secondary N) is 1. The Hall–Kier alpha value is -1.48. The molecule has 0 saturated carbocycles. The smallest absolute Gasteiger partial charge is 0.330 e. The summed E-state index contributed by atoms with van der Waals surface area (Å²) in [6.07, 6.45) is -3.90. The van der Waals surface area contributed by atoms with Crippen molar-refractivity contribution in [2.45, 2.75) is 31.5 Å². The molecule has 0 amide bonds. The highest BCUT2D eigenvalue weighted by molar-refractivity contribution is 5.03. The van der Waals surface area contributed by atoms with Crippen molar-refractivity contribution in [1.82, 2.24) is 9.55 Å². The Kier molecular flexibility index (Phi) is 3.35. The molecular weight excluding hydrogens is 244 g/mol. The van der Waals surface area contributed by atoms with Crippen molar-refractivity contribution < 1.29 is 20.1 Å². The second-order valence-electron chi connectivity index (χ2n) is 4.18. The van der Waals surface area contributed by atoms with Crippen LogP contribution in [0.2, 0.25) is 0 Å². The predicted octanol–water partition coefficient (Wildman–Crippen LogP) is -2.54. The van der Waals surface area contributed by atoms with Gasteiger partial charge in [-0.15, -0.1) is 0 Å². The van der Waals surface area contributed by atoms with Crippen molar-refractivity contribution in [3.8, 4) is 0 Å². The summed E-state index contributed by atoms with van der Waals surface area (Å²) < 4.78 is 5.82. The molecule has 0 spiro atoms. The molecule has 2 rings (SSSR count). The highest BCUT2D eigenvalue weighted by Crippen LogP contribution is 2.27. The molecular formula is C10H14N2O6. The fourth-order valence-electron chi connectivity index (χ4n) is 1.91. The first-order chi connectivity index (χ1) is 8.47. The van der Waals surface area contributed by atoms with Gasteiger partial charge in [0.15, 0.2) is 6.23 Å². The number of aromatic nitrogens is 2. The lowest BCUT2D eigenvalue weighted by atomic mass is 10.1. The maximum Gasteiger partial charge on any atom is 0.330 e. The van der Waals surface area contributed by atoms with Crippen molar-refractivity contribution in [3.05, 3.63) is 32.6 Å². The van der Waals surface area contributed by atoms with Gasteiger partial charge in [0.25, 0.3) is 5.56 Å². The molecule has 8 nitrogen and oxygen atoms in total. The lowest BCUT2D eigenvalue weighted by Crippen LogP contribution is -2.43. The molecule has 4 atom stereocenters. The molecule has 1 fully saturated rings. The first-order valence-corrected chi connectivity index (χ1v) is 5.40. The van der Waals surface area contributed by atoms with Gasteiger partial charge in [-0.05, 0) is 6.92 Å². The zero-order chi connectivity index (χ0) is 13.4. The summed E-state index contributed by atoms with van der Waals surface area (Å²) in [4.78, 5) is 25.8. The van der Waals surface area contributed by atoms with Crippen LogP contribution in [0.5, 0.6) is 0 Å². The number of aromatic amines is 1. The third kappa shape index (κ3) is 1.89. The van der Waals surface area contributed by atoms with Gasteiger partial charge >= 0.3 is 5.69 Å². The lowest BCUT2D eigenvalue weighted by Gasteiger charge is -2.16. The number of rotatable bonds is 2. The molecule has 4 N–H and O–H groups in total. The van der Waals surface area contributed by atoms with Crippen LogP contribution in [0.4, 0.5) is 0 Å². The first-order valence-electron chi connectivity index (χ1n) is 5.40. The van der Waals surface area contributed by atoms with Gasteiger partial charge in [-0.1, -0.05) is 0 Å². The van der Waals surface area contributed by atoms with Crippen molar-refractivity contribution in [2.24, 2.45) is 0 Å². The van der Waals surface area contributed by atoms with Crippen molar-refractivity contribution in [3.63, 3.8) is 0 Å². The van der Waals surface area contributed by atoms with Crippen molar-refractivity contribution >= 4 is 0 Å². The average molecular weight is 258 g/mol. The standard InChI is InChI=1S/C10H14N2O6/c1-4-2-11-10(17)12(8(4)16)9-7(15)6(14)5(3-13)18-9/h2,5-7,9,13-15H,3H2,1H3,(H,11,17)/t5-,6-,7+,9?/m1/s1. The Morgan fingerprint density at radius 1 is 1.39 bits per heavy atom. The topological polar surface area (TPSA) is 125 Å². The van der Waals surface area contributed by atoms with Gasteiger partial charge in [-0.3, -0.25) is 4.79 Å². The molecule has 100 valence electrons. The highest BCUT2D eigenvalue weighted by atomic mass is 16.6. The summed E-state index contributed by atoms with van der Waals surface area (Å²) in [5.41, 5.74) is -1.10. The Morgan fingerprint density at radius 2 is 2.06 bits per heavy atom. The fraction of sp³-hybridized carbons (Fsp3) is 0.600. The number of hydrogen-bond donors (Lipinski definition) is 4. The normalized spacial score (nSPS) is 31.8. The maximum absolute atomic E-state index is 11.8. The van der Waals surface area contributed by atoms with Crippen molar-refractivity contribution in [1.29, 1.82) is 0 Å². The minimum atomic E-state index is -1.46. The van der Waals surface area contributed by atoms with E-state index in [1.165, 1.54) is 13.1 Å². The van der Waals surface area contributed by atoms with E-state index in [-0.39, 0.29) is 5.56 Å². The molecule has 0 aromatic carbocycles. The summed E-state index contributed by atoms with van der Waals surface area (Å²) in [6, 6.07) is 0. The fourth-order valence-corrected chi connectivity index (χ4v) is 1.91. The molecule has 18 heavy (non-hydrogen) atoms. The average Bonchev–Trinajstić information content (AvgIpc) is 2.62. The van der Waals surface area contributed by atoms with E-state index in [1.807, 2.05) is 0 Å². The minimum absolute atomic E-state index is 0.271. The van der Waals surface area contributed by atoms with Crippen LogP contribution in [-0.4, -0.2) is 49.8 Å². The molecule has 8 heteroatoms. The number of ether oxygens (including phenoxy) is 1. The van der Waals surface area contributed by atoms with E-state index in [9.17, 15) is 19.8 Å². The van der Waals surface area contributed by atoms with Gasteiger partial charge in [0.05, 0.1) is 6.61 Å². The number of hydrogen-bond acceptors (Lipinski definition) is 6. The number of H-pyrrole nitrogens is 1. The second-order valence-corrected chi connectivity index (χ2v) is 4.18. The molecule has 0 radical (unpaired) electrons. The molecule has 0 aliphatic carbocycles. The summed E-state index contributed by atoms with van der Waals surface area (Å²) in [5, 5.41) is 28.3. The van der Waals surface area contributed by atoms with E-state index in [1.54, 1.807) is 0 Å². The van der Waals surface area contributed by atoms with Gasteiger partial charge in [-0.25, -0.2) is 9.36 Å². The Morgan fingerprint density at radius 3 is 2.61 bits per heavy atom. The monoisotopic (exact) mass is 258 g/mol. The van der Waals surface area contributed by atoms with Gasteiger partial charge < -0.3 is 25.0 Å². The van der Waals surface area contributed by atoms with Gasteiger partial charge in [-0.2, -0.15) is 0 Å². The number of aliphatic hydroxyl groups excluding tert-OH is 3. The molecule has 0 bridgehead atoms. The van der Waals surface area contributed by atoms with Crippen LogP contribution >= 0.6 is 0 Å². The third-order valence-electron chi connectivity index (χ3n) is 2.96.